The smallest absolute Gasteiger partial charge is 0.410 e. The highest BCUT2D eigenvalue weighted by atomic mass is 19.1. The maximum absolute atomic E-state index is 13.9. The second-order valence-electron chi connectivity index (χ2n) is 7.44. The van der Waals surface area contributed by atoms with E-state index in [4.69, 9.17) is 9.47 Å². The zero-order chi connectivity index (χ0) is 20.3. The Morgan fingerprint density at radius 2 is 2.00 bits per heavy atom. The molecule has 1 aliphatic rings. The van der Waals surface area contributed by atoms with Gasteiger partial charge in [-0.05, 0) is 57.0 Å². The lowest BCUT2D eigenvalue weighted by Gasteiger charge is -2.29. The normalized spacial score (nSPS) is 14.5. The van der Waals surface area contributed by atoms with Gasteiger partial charge < -0.3 is 14.4 Å². The number of hydrogen-bond acceptors (Lipinski definition) is 4. The largest absolute Gasteiger partial charge is 0.444 e. The van der Waals surface area contributed by atoms with Crippen molar-refractivity contribution in [2.45, 2.75) is 32.8 Å². The summed E-state index contributed by atoms with van der Waals surface area (Å²) in [6.45, 7) is 6.35. The second-order valence-corrected chi connectivity index (χ2v) is 7.44. The molecule has 0 N–H and O–H groups in total. The highest BCUT2D eigenvalue weighted by Gasteiger charge is 2.25. The van der Waals surface area contributed by atoms with Gasteiger partial charge in [0.15, 0.2) is 11.6 Å². The fourth-order valence-electron chi connectivity index (χ4n) is 2.78. The van der Waals surface area contributed by atoms with Crippen LogP contribution in [0.2, 0.25) is 0 Å². The number of benzene rings is 1. The monoisotopic (exact) mass is 388 g/mol. The molecule has 148 valence electrons. The Morgan fingerprint density at radius 1 is 1.21 bits per heavy atom. The number of halogens is 2. The third kappa shape index (κ3) is 4.85. The molecule has 1 aromatic heterocycles. The van der Waals surface area contributed by atoms with Crippen molar-refractivity contribution in [3.8, 4) is 11.6 Å². The Labute approximate surface area is 162 Å². The lowest BCUT2D eigenvalue weighted by Crippen LogP contribution is -2.39. The van der Waals surface area contributed by atoms with E-state index in [-0.39, 0.29) is 17.7 Å². The minimum atomic E-state index is -0.801. The van der Waals surface area contributed by atoms with Gasteiger partial charge in [-0.25, -0.2) is 18.6 Å². The number of nitrogens with zero attached hydrogens (tertiary/aromatic N) is 2. The second kappa shape index (κ2) is 7.96. The van der Waals surface area contributed by atoms with E-state index in [0.717, 1.165) is 17.7 Å². The minimum Gasteiger partial charge on any atom is -0.444 e. The van der Waals surface area contributed by atoms with Crippen molar-refractivity contribution in [1.29, 1.82) is 0 Å². The molecule has 0 saturated carbocycles. The van der Waals surface area contributed by atoms with E-state index in [1.54, 1.807) is 11.0 Å². The summed E-state index contributed by atoms with van der Waals surface area (Å²) in [7, 11) is 0. The number of carbonyl (C=O) groups excluding carboxylic acids is 1. The van der Waals surface area contributed by atoms with Crippen LogP contribution < -0.4 is 4.74 Å². The van der Waals surface area contributed by atoms with Crippen LogP contribution in [0.25, 0.3) is 5.57 Å². The number of amides is 1. The number of hydrogen-bond donors (Lipinski definition) is 0. The van der Waals surface area contributed by atoms with Crippen molar-refractivity contribution >= 4 is 11.7 Å². The third-order valence-electron chi connectivity index (χ3n) is 4.08. The summed E-state index contributed by atoms with van der Waals surface area (Å²) in [5, 5.41) is 0. The molecule has 1 aliphatic heterocycles. The van der Waals surface area contributed by atoms with Gasteiger partial charge in [0.05, 0.1) is 0 Å². The Balaban J connectivity index is 1.77. The molecule has 0 unspecified atom stereocenters. The Hall–Kier alpha value is -2.96. The highest BCUT2D eigenvalue weighted by Crippen LogP contribution is 2.32. The molecule has 0 spiro atoms. The first-order chi connectivity index (χ1) is 13.2. The van der Waals surface area contributed by atoms with Crippen LogP contribution in [0.5, 0.6) is 11.6 Å². The molecule has 3 rings (SSSR count). The van der Waals surface area contributed by atoms with Crippen molar-refractivity contribution in [3.05, 3.63) is 59.8 Å². The van der Waals surface area contributed by atoms with E-state index >= 15 is 0 Å². The van der Waals surface area contributed by atoms with Gasteiger partial charge in [-0.3, -0.25) is 0 Å². The Bertz CT molecular complexity index is 907. The highest BCUT2D eigenvalue weighted by molar-refractivity contribution is 5.74. The predicted molar refractivity (Wildman–Crippen MR) is 101 cm³/mol. The Morgan fingerprint density at radius 3 is 2.64 bits per heavy atom. The van der Waals surface area contributed by atoms with E-state index in [0.29, 0.717) is 25.1 Å². The molecule has 0 bridgehead atoms. The van der Waals surface area contributed by atoms with Crippen LogP contribution >= 0.6 is 0 Å². The topological polar surface area (TPSA) is 51.7 Å². The van der Waals surface area contributed by atoms with Gasteiger partial charge in [-0.1, -0.05) is 6.08 Å². The predicted octanol–water partition coefficient (Wildman–Crippen LogP) is 5.18. The quantitative estimate of drug-likeness (QED) is 0.727. The summed E-state index contributed by atoms with van der Waals surface area (Å²) in [4.78, 5) is 18.0. The fraction of sp³-hybridized carbons (Fsp3) is 0.333. The average molecular weight is 388 g/mol. The van der Waals surface area contributed by atoms with Crippen LogP contribution in [-0.2, 0) is 4.74 Å². The van der Waals surface area contributed by atoms with Crippen molar-refractivity contribution in [3.63, 3.8) is 0 Å². The van der Waals surface area contributed by atoms with Gasteiger partial charge in [-0.15, -0.1) is 0 Å². The molecule has 0 fully saturated rings. The van der Waals surface area contributed by atoms with Gasteiger partial charge in [0.2, 0.25) is 5.88 Å². The number of aromatic nitrogens is 1. The van der Waals surface area contributed by atoms with Crippen LogP contribution in [0.15, 0.2) is 42.6 Å². The molecular formula is C21H22F2N2O3. The summed E-state index contributed by atoms with van der Waals surface area (Å²) in [6.07, 6.45) is 3.65. The van der Waals surface area contributed by atoms with Crippen molar-refractivity contribution in [2.75, 3.05) is 13.1 Å². The standard InChI is InChI=1S/C21H22F2N2O3/c1-21(2,3)28-20(26)25-11-8-14(9-12-25)16-5-4-10-24-19(16)27-18-7-6-15(22)13-17(18)23/h4-8,10,13H,9,11-12H2,1-3H3. The van der Waals surface area contributed by atoms with Crippen molar-refractivity contribution in [1.82, 2.24) is 9.88 Å². The zero-order valence-corrected chi connectivity index (χ0v) is 16.0. The third-order valence-corrected chi connectivity index (χ3v) is 4.08. The van der Waals surface area contributed by atoms with Crippen LogP contribution in [0.4, 0.5) is 13.6 Å². The minimum absolute atomic E-state index is 0.104. The summed E-state index contributed by atoms with van der Waals surface area (Å²) < 4.78 is 38.0. The SMILES string of the molecule is CC(C)(C)OC(=O)N1CC=C(c2cccnc2Oc2ccc(F)cc2F)CC1. The first-order valence-electron chi connectivity index (χ1n) is 8.98. The number of rotatable bonds is 3. The maximum Gasteiger partial charge on any atom is 0.410 e. The number of carbonyl (C=O) groups is 1. The average Bonchev–Trinajstić information content (AvgIpc) is 2.63. The van der Waals surface area contributed by atoms with Gasteiger partial charge in [-0.2, -0.15) is 0 Å². The first-order valence-corrected chi connectivity index (χ1v) is 8.98. The molecule has 2 aromatic rings. The van der Waals surface area contributed by atoms with Gasteiger partial charge >= 0.3 is 6.09 Å². The van der Waals surface area contributed by atoms with Crippen molar-refractivity contribution in [2.24, 2.45) is 0 Å². The lowest BCUT2D eigenvalue weighted by molar-refractivity contribution is 0.0270. The van der Waals surface area contributed by atoms with Crippen LogP contribution in [0.1, 0.15) is 32.8 Å². The first kappa shape index (κ1) is 19.8. The molecule has 2 heterocycles. The van der Waals surface area contributed by atoms with E-state index in [1.165, 1.54) is 12.3 Å². The maximum atomic E-state index is 13.9. The van der Waals surface area contributed by atoms with Crippen LogP contribution in [-0.4, -0.2) is 34.7 Å². The molecular weight excluding hydrogens is 366 g/mol. The van der Waals surface area contributed by atoms with Gasteiger partial charge in [0.1, 0.15) is 11.4 Å². The lowest BCUT2D eigenvalue weighted by atomic mass is 10.0. The number of ether oxygens (including phenoxy) is 2. The summed E-state index contributed by atoms with van der Waals surface area (Å²) in [5.41, 5.74) is 1.09. The van der Waals surface area contributed by atoms with Gasteiger partial charge in [0, 0.05) is 30.9 Å². The summed E-state index contributed by atoms with van der Waals surface area (Å²) in [6, 6.07) is 6.68. The molecule has 1 amide bonds. The van der Waals surface area contributed by atoms with E-state index in [1.807, 2.05) is 32.9 Å². The van der Waals surface area contributed by atoms with Gasteiger partial charge in [0.25, 0.3) is 0 Å². The summed E-state index contributed by atoms with van der Waals surface area (Å²) >= 11 is 0. The van der Waals surface area contributed by atoms with Crippen LogP contribution in [0.3, 0.4) is 0 Å². The molecule has 28 heavy (non-hydrogen) atoms. The Kier molecular flexibility index (Phi) is 5.63. The summed E-state index contributed by atoms with van der Waals surface area (Å²) in [5.74, 6) is -1.35. The zero-order valence-electron chi connectivity index (χ0n) is 16.0. The molecule has 0 aliphatic carbocycles. The molecule has 0 radical (unpaired) electrons. The van der Waals surface area contributed by atoms with Crippen molar-refractivity contribution < 1.29 is 23.0 Å². The van der Waals surface area contributed by atoms with E-state index < -0.39 is 17.2 Å². The fourth-order valence-corrected chi connectivity index (χ4v) is 2.78. The molecule has 0 saturated heterocycles. The molecule has 7 heteroatoms. The molecule has 0 atom stereocenters. The number of pyridine rings is 1. The molecule has 1 aromatic carbocycles. The van der Waals surface area contributed by atoms with E-state index in [9.17, 15) is 13.6 Å². The molecule has 5 nitrogen and oxygen atoms in total. The van der Waals surface area contributed by atoms with Crippen LogP contribution in [0, 0.1) is 11.6 Å². The van der Waals surface area contributed by atoms with E-state index in [2.05, 4.69) is 4.98 Å².